The lowest BCUT2D eigenvalue weighted by atomic mass is 10.8. The summed E-state index contributed by atoms with van der Waals surface area (Å²) in [6, 6.07) is 0. The van der Waals surface area contributed by atoms with Gasteiger partial charge in [0.2, 0.25) is 0 Å². The SMILES string of the molecule is C1=CN=CN=NC=1. The predicted octanol–water partition coefficient (Wildman–Crippen LogP) is 1.11. The van der Waals surface area contributed by atoms with Gasteiger partial charge in [-0.05, 0) is 0 Å². The molecular weight excluding hydrogens is 90.1 g/mol. The first-order valence-electron chi connectivity index (χ1n) is 1.81. The number of hydrogen-bond acceptors (Lipinski definition) is 3. The Labute approximate surface area is 40.8 Å². The van der Waals surface area contributed by atoms with Crippen molar-refractivity contribution in [3.8, 4) is 0 Å². The molecule has 0 saturated carbocycles. The van der Waals surface area contributed by atoms with Crippen LogP contribution in [0.5, 0.6) is 0 Å². The van der Waals surface area contributed by atoms with Crippen molar-refractivity contribution >= 4 is 6.34 Å². The van der Waals surface area contributed by atoms with Crippen LogP contribution in [0.3, 0.4) is 0 Å². The van der Waals surface area contributed by atoms with Gasteiger partial charge in [0.05, 0.1) is 12.4 Å². The average Bonchev–Trinajstić information content (AvgIpc) is 1.90. The van der Waals surface area contributed by atoms with Gasteiger partial charge in [-0.3, -0.25) is 0 Å². The summed E-state index contributed by atoms with van der Waals surface area (Å²) in [6.45, 7) is 0. The minimum absolute atomic E-state index is 1.36. The molecule has 0 aliphatic carbocycles. The van der Waals surface area contributed by atoms with Crippen molar-refractivity contribution < 1.29 is 0 Å². The van der Waals surface area contributed by atoms with Gasteiger partial charge in [0.1, 0.15) is 6.34 Å². The standard InChI is InChI=1S/C4H3N3/c1-2-5-4-7-6-3-1/h2-4H. The average molecular weight is 93.1 g/mol. The molecule has 0 aromatic carbocycles. The lowest BCUT2D eigenvalue weighted by molar-refractivity contribution is 1.31. The Balaban J connectivity index is 2.86. The summed E-state index contributed by atoms with van der Waals surface area (Å²) < 4.78 is 0. The maximum absolute atomic E-state index is 3.62. The Kier molecular flexibility index (Phi) is 1.16. The van der Waals surface area contributed by atoms with E-state index < -0.39 is 0 Å². The maximum atomic E-state index is 3.62. The van der Waals surface area contributed by atoms with Gasteiger partial charge < -0.3 is 0 Å². The molecule has 0 unspecified atom stereocenters. The Bertz CT molecular complexity index is 144. The molecule has 0 aromatic heterocycles. The van der Waals surface area contributed by atoms with E-state index in [2.05, 4.69) is 21.0 Å². The topological polar surface area (TPSA) is 37.1 Å². The number of nitrogens with zero attached hydrogens (tertiary/aromatic N) is 3. The molecule has 0 saturated heterocycles. The van der Waals surface area contributed by atoms with Gasteiger partial charge in [0.25, 0.3) is 0 Å². The van der Waals surface area contributed by atoms with Crippen LogP contribution < -0.4 is 0 Å². The van der Waals surface area contributed by atoms with Crippen LogP contribution in [0.15, 0.2) is 33.4 Å². The molecule has 1 heterocycles. The van der Waals surface area contributed by atoms with Crippen LogP contribution in [0.2, 0.25) is 0 Å². The van der Waals surface area contributed by atoms with E-state index in [0.717, 1.165) is 0 Å². The Morgan fingerprint density at radius 1 is 1.14 bits per heavy atom. The van der Waals surface area contributed by atoms with Crippen molar-refractivity contribution in [2.45, 2.75) is 0 Å². The summed E-state index contributed by atoms with van der Waals surface area (Å²) >= 11 is 0. The van der Waals surface area contributed by atoms with Crippen molar-refractivity contribution in [3.05, 3.63) is 18.1 Å². The predicted molar refractivity (Wildman–Crippen MR) is 26.0 cm³/mol. The maximum Gasteiger partial charge on any atom is 0.138 e. The molecule has 0 spiro atoms. The minimum Gasteiger partial charge on any atom is -0.235 e. The molecule has 0 fully saturated rings. The highest BCUT2D eigenvalue weighted by molar-refractivity contribution is 5.55. The van der Waals surface area contributed by atoms with Crippen LogP contribution in [-0.4, -0.2) is 6.34 Å². The minimum atomic E-state index is 1.36. The Morgan fingerprint density at radius 2 is 2.14 bits per heavy atom. The molecule has 1 aliphatic rings. The third-order valence-corrected chi connectivity index (χ3v) is 0.466. The molecule has 0 bridgehead atoms. The van der Waals surface area contributed by atoms with Gasteiger partial charge >= 0.3 is 0 Å². The largest absolute Gasteiger partial charge is 0.235 e. The van der Waals surface area contributed by atoms with Crippen LogP contribution >= 0.6 is 0 Å². The summed E-state index contributed by atoms with van der Waals surface area (Å²) in [6.07, 6.45) is 4.31. The third-order valence-electron chi connectivity index (χ3n) is 0.466. The van der Waals surface area contributed by atoms with Crippen molar-refractivity contribution in [2.24, 2.45) is 15.2 Å². The summed E-state index contributed by atoms with van der Waals surface area (Å²) in [7, 11) is 0. The highest BCUT2D eigenvalue weighted by Crippen LogP contribution is 1.79. The first-order chi connectivity index (χ1) is 3.50. The second-order valence-electron chi connectivity index (χ2n) is 0.920. The van der Waals surface area contributed by atoms with Crippen LogP contribution in [0, 0.1) is 0 Å². The van der Waals surface area contributed by atoms with E-state index in [1.54, 1.807) is 0 Å². The Hall–Kier alpha value is -1.21. The number of hydrogen-bond donors (Lipinski definition) is 0. The van der Waals surface area contributed by atoms with Gasteiger partial charge in [0.15, 0.2) is 0 Å². The fourth-order valence-electron chi connectivity index (χ4n) is 0.236. The lowest BCUT2D eigenvalue weighted by Gasteiger charge is -1.61. The van der Waals surface area contributed by atoms with E-state index in [1.165, 1.54) is 18.7 Å². The molecule has 0 N–H and O–H groups in total. The normalized spacial score (nSPS) is 14.9. The van der Waals surface area contributed by atoms with E-state index >= 15 is 0 Å². The van der Waals surface area contributed by atoms with Crippen molar-refractivity contribution in [2.75, 3.05) is 0 Å². The van der Waals surface area contributed by atoms with E-state index in [4.69, 9.17) is 0 Å². The van der Waals surface area contributed by atoms with Gasteiger partial charge in [-0.2, -0.15) is 0 Å². The second kappa shape index (κ2) is 2.05. The van der Waals surface area contributed by atoms with E-state index in [1.807, 2.05) is 0 Å². The van der Waals surface area contributed by atoms with Crippen LogP contribution in [0.1, 0.15) is 0 Å². The molecule has 3 nitrogen and oxygen atoms in total. The highest BCUT2D eigenvalue weighted by Gasteiger charge is 1.64. The second-order valence-corrected chi connectivity index (χ2v) is 0.920. The smallest absolute Gasteiger partial charge is 0.138 e. The van der Waals surface area contributed by atoms with E-state index in [9.17, 15) is 0 Å². The molecule has 3 heteroatoms. The zero-order chi connectivity index (χ0) is 4.95. The fraction of sp³-hybridized carbons (Fsp3) is 0. The summed E-state index contributed by atoms with van der Waals surface area (Å²) in [5.41, 5.74) is 2.64. The molecule has 34 valence electrons. The van der Waals surface area contributed by atoms with Gasteiger partial charge in [-0.25, -0.2) is 4.99 Å². The molecule has 1 aliphatic heterocycles. The first-order valence-corrected chi connectivity index (χ1v) is 1.81. The van der Waals surface area contributed by atoms with E-state index in [0.29, 0.717) is 0 Å². The molecule has 7 heavy (non-hydrogen) atoms. The van der Waals surface area contributed by atoms with Gasteiger partial charge in [-0.15, -0.1) is 10.2 Å². The van der Waals surface area contributed by atoms with Crippen molar-refractivity contribution in [1.82, 2.24) is 0 Å². The first kappa shape index (κ1) is 3.96. The number of rotatable bonds is 0. The number of azo groups is 1. The molecule has 0 amide bonds. The van der Waals surface area contributed by atoms with Crippen molar-refractivity contribution in [3.63, 3.8) is 0 Å². The zero-order valence-electron chi connectivity index (χ0n) is 3.57. The van der Waals surface area contributed by atoms with E-state index in [-0.39, 0.29) is 0 Å². The molecule has 0 atom stereocenters. The third kappa shape index (κ3) is 1.11. The fourth-order valence-corrected chi connectivity index (χ4v) is 0.236. The quantitative estimate of drug-likeness (QED) is 0.402. The van der Waals surface area contributed by atoms with Gasteiger partial charge in [-0.1, -0.05) is 5.73 Å². The summed E-state index contributed by atoms with van der Waals surface area (Å²) in [5.74, 6) is 0. The van der Waals surface area contributed by atoms with Crippen LogP contribution in [0.25, 0.3) is 0 Å². The summed E-state index contributed by atoms with van der Waals surface area (Å²) in [4.78, 5) is 3.62. The lowest BCUT2D eigenvalue weighted by Crippen LogP contribution is -1.52. The number of aliphatic imine (C=N–C) groups is 1. The molecule has 0 aromatic rings. The molecule has 0 radical (unpaired) electrons. The zero-order valence-corrected chi connectivity index (χ0v) is 3.57. The summed E-state index contributed by atoms with van der Waals surface area (Å²) in [5, 5.41) is 6.93. The van der Waals surface area contributed by atoms with Crippen LogP contribution in [0.4, 0.5) is 0 Å². The monoisotopic (exact) mass is 93.0 g/mol. The van der Waals surface area contributed by atoms with Crippen molar-refractivity contribution in [1.29, 1.82) is 0 Å². The Morgan fingerprint density at radius 3 is 3.14 bits per heavy atom. The molecule has 1 rings (SSSR count). The van der Waals surface area contributed by atoms with Gasteiger partial charge in [0, 0.05) is 0 Å². The van der Waals surface area contributed by atoms with Crippen LogP contribution in [-0.2, 0) is 0 Å². The molecular formula is C4H3N3. The highest BCUT2D eigenvalue weighted by atomic mass is 15.1.